The number of aromatic nitrogens is 3. The van der Waals surface area contributed by atoms with Gasteiger partial charge in [-0.3, -0.25) is 14.5 Å². The Labute approximate surface area is 171 Å². The smallest absolute Gasteiger partial charge is 0.236 e. The van der Waals surface area contributed by atoms with E-state index in [1.54, 1.807) is 6.33 Å². The minimum atomic E-state index is 0.127. The molecular formula is C19H32N6O2S. The molecule has 0 N–H and O–H groups in total. The van der Waals surface area contributed by atoms with E-state index in [0.717, 1.165) is 44.2 Å². The molecule has 9 heteroatoms. The van der Waals surface area contributed by atoms with Crippen molar-refractivity contribution in [1.82, 2.24) is 29.5 Å². The lowest BCUT2D eigenvalue weighted by atomic mass is 10.2. The summed E-state index contributed by atoms with van der Waals surface area (Å²) < 4.78 is 1.98. The molecule has 1 aromatic rings. The molecule has 0 atom stereocenters. The lowest BCUT2D eigenvalue weighted by Gasteiger charge is -2.35. The van der Waals surface area contributed by atoms with Crippen LogP contribution in [0.2, 0.25) is 0 Å². The van der Waals surface area contributed by atoms with Gasteiger partial charge in [-0.05, 0) is 26.7 Å². The highest BCUT2D eigenvalue weighted by Crippen LogP contribution is 2.19. The Kier molecular flexibility index (Phi) is 7.73. The van der Waals surface area contributed by atoms with Crippen LogP contribution < -0.4 is 0 Å². The minimum absolute atomic E-state index is 0.127. The monoisotopic (exact) mass is 408 g/mol. The van der Waals surface area contributed by atoms with Gasteiger partial charge in [0, 0.05) is 45.3 Å². The highest BCUT2D eigenvalue weighted by atomic mass is 32.2. The van der Waals surface area contributed by atoms with Crippen LogP contribution >= 0.6 is 11.8 Å². The van der Waals surface area contributed by atoms with Crippen LogP contribution in [-0.2, 0) is 9.59 Å². The summed E-state index contributed by atoms with van der Waals surface area (Å²) in [6.07, 6.45) is 6.41. The van der Waals surface area contributed by atoms with Gasteiger partial charge in [0.2, 0.25) is 11.8 Å². The molecule has 0 radical (unpaired) electrons. The Morgan fingerprint density at radius 2 is 1.61 bits per heavy atom. The second kappa shape index (κ2) is 10.2. The zero-order valence-corrected chi connectivity index (χ0v) is 17.9. The first-order valence-electron chi connectivity index (χ1n) is 10.3. The average molecular weight is 409 g/mol. The summed E-state index contributed by atoms with van der Waals surface area (Å²) in [7, 11) is 0. The molecule has 8 nitrogen and oxygen atoms in total. The number of amides is 2. The minimum Gasteiger partial charge on any atom is -0.342 e. The van der Waals surface area contributed by atoms with E-state index in [1.807, 2.05) is 14.4 Å². The average Bonchev–Trinajstić information content (AvgIpc) is 2.99. The number of likely N-dealkylation sites (tertiary alicyclic amines) is 1. The second-order valence-electron chi connectivity index (χ2n) is 7.86. The Hall–Kier alpha value is -1.61. The van der Waals surface area contributed by atoms with Crippen LogP contribution in [0.3, 0.4) is 0 Å². The number of hydrogen-bond acceptors (Lipinski definition) is 6. The molecular weight excluding hydrogens is 376 g/mol. The molecule has 2 aliphatic heterocycles. The number of thioether (sulfide) groups is 1. The summed E-state index contributed by atoms with van der Waals surface area (Å²) in [4.78, 5) is 31.2. The van der Waals surface area contributed by atoms with Crippen molar-refractivity contribution in [3.63, 3.8) is 0 Å². The summed E-state index contributed by atoms with van der Waals surface area (Å²) in [6.45, 7) is 9.31. The van der Waals surface area contributed by atoms with Crippen molar-refractivity contribution in [2.24, 2.45) is 0 Å². The van der Waals surface area contributed by atoms with Crippen LogP contribution in [0.15, 0.2) is 11.5 Å². The molecule has 2 fully saturated rings. The van der Waals surface area contributed by atoms with Crippen LogP contribution in [0, 0.1) is 0 Å². The topological polar surface area (TPSA) is 74.6 Å². The van der Waals surface area contributed by atoms with Gasteiger partial charge in [-0.1, -0.05) is 24.6 Å². The molecule has 156 valence electrons. The lowest BCUT2D eigenvalue weighted by molar-refractivity contribution is -0.134. The Bertz CT molecular complexity index is 649. The van der Waals surface area contributed by atoms with Crippen molar-refractivity contribution >= 4 is 23.6 Å². The van der Waals surface area contributed by atoms with Gasteiger partial charge >= 0.3 is 0 Å². The molecule has 0 spiro atoms. The summed E-state index contributed by atoms with van der Waals surface area (Å²) in [5, 5.41) is 8.83. The number of carbonyl (C=O) groups excluding carboxylic acids is 2. The fourth-order valence-electron chi connectivity index (χ4n) is 3.67. The van der Waals surface area contributed by atoms with Crippen LogP contribution in [0.25, 0.3) is 0 Å². The van der Waals surface area contributed by atoms with E-state index in [0.29, 0.717) is 25.4 Å². The first kappa shape index (κ1) is 21.1. The number of hydrogen-bond donors (Lipinski definition) is 0. The molecule has 0 bridgehead atoms. The van der Waals surface area contributed by atoms with Gasteiger partial charge in [0.05, 0.1) is 12.3 Å². The van der Waals surface area contributed by atoms with Crippen LogP contribution in [0.4, 0.5) is 0 Å². The van der Waals surface area contributed by atoms with Crippen molar-refractivity contribution in [1.29, 1.82) is 0 Å². The standard InChI is InChI=1S/C19H32N6O2S/c1-16(2)25-15-20-21-19(25)28-14-18(27)24-11-9-22(10-12-24)13-17(26)23-7-5-3-4-6-8-23/h15-16H,3-14H2,1-2H3. The van der Waals surface area contributed by atoms with Crippen molar-refractivity contribution in [2.45, 2.75) is 50.7 Å². The van der Waals surface area contributed by atoms with E-state index in [-0.39, 0.29) is 17.9 Å². The fraction of sp³-hybridized carbons (Fsp3) is 0.789. The Balaban J connectivity index is 1.40. The molecule has 0 aromatic carbocycles. The maximum Gasteiger partial charge on any atom is 0.236 e. The Morgan fingerprint density at radius 1 is 0.964 bits per heavy atom. The normalized spacial score (nSPS) is 19.1. The van der Waals surface area contributed by atoms with Crippen LogP contribution in [-0.4, -0.2) is 92.8 Å². The summed E-state index contributed by atoms with van der Waals surface area (Å²) in [6, 6.07) is 0.276. The van der Waals surface area contributed by atoms with Crippen LogP contribution in [0.5, 0.6) is 0 Å². The molecule has 0 saturated carbocycles. The van der Waals surface area contributed by atoms with E-state index in [4.69, 9.17) is 0 Å². The Morgan fingerprint density at radius 3 is 2.25 bits per heavy atom. The third-order valence-corrected chi connectivity index (χ3v) is 6.41. The maximum atomic E-state index is 12.5. The first-order valence-corrected chi connectivity index (χ1v) is 11.3. The largest absolute Gasteiger partial charge is 0.342 e. The molecule has 0 aliphatic carbocycles. The zero-order chi connectivity index (χ0) is 19.9. The van der Waals surface area contributed by atoms with Gasteiger partial charge in [-0.2, -0.15) is 0 Å². The first-order chi connectivity index (χ1) is 13.5. The van der Waals surface area contributed by atoms with E-state index in [2.05, 4.69) is 28.9 Å². The highest BCUT2D eigenvalue weighted by molar-refractivity contribution is 7.99. The van der Waals surface area contributed by atoms with Gasteiger partial charge in [0.1, 0.15) is 6.33 Å². The molecule has 2 amide bonds. The third kappa shape index (κ3) is 5.70. The quantitative estimate of drug-likeness (QED) is 0.664. The maximum absolute atomic E-state index is 12.5. The third-order valence-electron chi connectivity index (χ3n) is 5.46. The van der Waals surface area contributed by atoms with Crippen molar-refractivity contribution in [2.75, 3.05) is 51.6 Å². The summed E-state index contributed by atoms with van der Waals surface area (Å²) in [5.74, 6) is 0.741. The zero-order valence-electron chi connectivity index (χ0n) is 17.0. The summed E-state index contributed by atoms with van der Waals surface area (Å²) >= 11 is 1.44. The summed E-state index contributed by atoms with van der Waals surface area (Å²) in [5.41, 5.74) is 0. The molecule has 2 aliphatic rings. The number of carbonyl (C=O) groups is 2. The number of rotatable bonds is 6. The van der Waals surface area contributed by atoms with Crippen molar-refractivity contribution in [3.05, 3.63) is 6.33 Å². The SMILES string of the molecule is CC(C)n1cnnc1SCC(=O)N1CCN(CC(=O)N2CCCCCC2)CC1. The number of nitrogens with zero attached hydrogens (tertiary/aromatic N) is 6. The molecule has 0 unspecified atom stereocenters. The fourth-order valence-corrected chi connectivity index (χ4v) is 4.62. The van der Waals surface area contributed by atoms with E-state index < -0.39 is 0 Å². The highest BCUT2D eigenvalue weighted by Gasteiger charge is 2.25. The van der Waals surface area contributed by atoms with Crippen LogP contribution in [0.1, 0.15) is 45.6 Å². The van der Waals surface area contributed by atoms with Gasteiger partial charge < -0.3 is 14.4 Å². The van der Waals surface area contributed by atoms with Crippen molar-refractivity contribution < 1.29 is 9.59 Å². The molecule has 28 heavy (non-hydrogen) atoms. The van der Waals surface area contributed by atoms with Gasteiger partial charge in [-0.25, -0.2) is 0 Å². The van der Waals surface area contributed by atoms with E-state index in [1.165, 1.54) is 24.6 Å². The molecule has 1 aromatic heterocycles. The predicted octanol–water partition coefficient (Wildman–Crippen LogP) is 1.50. The molecule has 3 rings (SSSR count). The predicted molar refractivity (Wildman–Crippen MR) is 109 cm³/mol. The van der Waals surface area contributed by atoms with Gasteiger partial charge in [0.15, 0.2) is 5.16 Å². The van der Waals surface area contributed by atoms with Gasteiger partial charge in [0.25, 0.3) is 0 Å². The molecule has 2 saturated heterocycles. The van der Waals surface area contributed by atoms with Crippen molar-refractivity contribution in [3.8, 4) is 0 Å². The number of piperazine rings is 1. The van der Waals surface area contributed by atoms with Gasteiger partial charge in [-0.15, -0.1) is 10.2 Å². The second-order valence-corrected chi connectivity index (χ2v) is 8.80. The van der Waals surface area contributed by atoms with E-state index >= 15 is 0 Å². The lowest BCUT2D eigenvalue weighted by Crippen LogP contribution is -2.52. The molecule has 3 heterocycles. The van der Waals surface area contributed by atoms with E-state index in [9.17, 15) is 9.59 Å².